The predicted octanol–water partition coefficient (Wildman–Crippen LogP) is 0.797. The van der Waals surface area contributed by atoms with E-state index >= 15 is 0 Å². The highest BCUT2D eigenvalue weighted by Gasteiger charge is 1.98. The Bertz CT molecular complexity index is 405. The molecule has 0 aliphatic heterocycles. The van der Waals surface area contributed by atoms with Gasteiger partial charge in [-0.15, -0.1) is 6.58 Å². The van der Waals surface area contributed by atoms with Crippen molar-refractivity contribution in [3.63, 3.8) is 0 Å². The van der Waals surface area contributed by atoms with Crippen molar-refractivity contribution < 1.29 is 5.11 Å². The molecule has 0 bridgehead atoms. The summed E-state index contributed by atoms with van der Waals surface area (Å²) < 4.78 is 1.56. The second-order valence-corrected chi connectivity index (χ2v) is 2.58. The lowest BCUT2D eigenvalue weighted by Crippen LogP contribution is -2.11. The van der Waals surface area contributed by atoms with Gasteiger partial charge >= 0.3 is 0 Å². The van der Waals surface area contributed by atoms with Gasteiger partial charge in [-0.05, 0) is 12.2 Å². The highest BCUT2D eigenvalue weighted by atomic mass is 32.1. The van der Waals surface area contributed by atoms with Crippen LogP contribution in [0.5, 0.6) is 5.88 Å². The van der Waals surface area contributed by atoms with Crippen molar-refractivity contribution >= 4 is 12.2 Å². The van der Waals surface area contributed by atoms with Crippen molar-refractivity contribution in [2.24, 2.45) is 0 Å². The van der Waals surface area contributed by atoms with E-state index in [0.717, 1.165) is 6.07 Å². The summed E-state index contributed by atoms with van der Waals surface area (Å²) in [5.41, 5.74) is -0.405. The Labute approximate surface area is 73.8 Å². The van der Waals surface area contributed by atoms with E-state index in [-0.39, 0.29) is 10.7 Å². The Morgan fingerprint density at radius 2 is 2.50 bits per heavy atom. The zero-order valence-electron chi connectivity index (χ0n) is 6.28. The maximum absolute atomic E-state index is 10.7. The Morgan fingerprint density at radius 1 is 1.83 bits per heavy atom. The van der Waals surface area contributed by atoms with Gasteiger partial charge in [0.05, 0.1) is 6.07 Å². The van der Waals surface area contributed by atoms with E-state index in [4.69, 9.17) is 12.2 Å². The fourth-order valence-corrected chi connectivity index (χ4v) is 1.08. The van der Waals surface area contributed by atoms with E-state index in [1.165, 1.54) is 4.57 Å². The number of hydrogen-bond donors (Lipinski definition) is 2. The molecule has 0 fully saturated rings. The van der Waals surface area contributed by atoms with Crippen molar-refractivity contribution in [1.29, 1.82) is 0 Å². The Hall–Kier alpha value is -1.36. The zero-order chi connectivity index (χ0) is 9.14. The maximum atomic E-state index is 10.7. The van der Waals surface area contributed by atoms with E-state index in [2.05, 4.69) is 11.6 Å². The quantitative estimate of drug-likeness (QED) is 0.528. The molecule has 0 aliphatic rings. The summed E-state index contributed by atoms with van der Waals surface area (Å²) in [5.74, 6) is -0.149. The molecule has 1 rings (SSSR count). The Balaban J connectivity index is 3.38. The average molecular weight is 184 g/mol. The van der Waals surface area contributed by atoms with Crippen LogP contribution in [0.15, 0.2) is 23.5 Å². The molecule has 0 unspecified atom stereocenters. The molecule has 0 spiro atoms. The second kappa shape index (κ2) is 3.36. The van der Waals surface area contributed by atoms with Crippen LogP contribution in [-0.4, -0.2) is 14.7 Å². The van der Waals surface area contributed by atoms with E-state index in [0.29, 0.717) is 6.54 Å². The molecule has 0 radical (unpaired) electrons. The molecule has 0 aromatic carbocycles. The topological polar surface area (TPSA) is 58.0 Å². The molecule has 12 heavy (non-hydrogen) atoms. The number of aromatic nitrogens is 2. The number of nitrogens with zero attached hydrogens (tertiary/aromatic N) is 1. The molecule has 1 aromatic heterocycles. The molecule has 64 valence electrons. The number of aromatic amines is 1. The lowest BCUT2D eigenvalue weighted by Gasteiger charge is -2.04. The number of nitrogens with one attached hydrogen (secondary N) is 1. The smallest absolute Gasteiger partial charge is 0.255 e. The third-order valence-corrected chi connectivity index (χ3v) is 1.65. The number of rotatable bonds is 2. The first kappa shape index (κ1) is 8.73. The van der Waals surface area contributed by atoms with Crippen LogP contribution < -0.4 is 5.56 Å². The number of allylic oxidation sites excluding steroid dienone is 1. The minimum Gasteiger partial charge on any atom is -0.494 e. The zero-order valence-corrected chi connectivity index (χ0v) is 7.10. The van der Waals surface area contributed by atoms with Crippen LogP contribution in [0.4, 0.5) is 0 Å². The molecule has 1 heterocycles. The summed E-state index contributed by atoms with van der Waals surface area (Å²) >= 11 is 4.79. The van der Waals surface area contributed by atoms with E-state index in [1.807, 2.05) is 0 Å². The first-order valence-corrected chi connectivity index (χ1v) is 3.70. The second-order valence-electron chi connectivity index (χ2n) is 2.20. The highest BCUT2D eigenvalue weighted by Crippen LogP contribution is 2.04. The van der Waals surface area contributed by atoms with Crippen molar-refractivity contribution in [2.75, 3.05) is 0 Å². The third-order valence-electron chi connectivity index (χ3n) is 1.32. The molecular formula is C7H8N2O2S. The summed E-state index contributed by atoms with van der Waals surface area (Å²) in [4.78, 5) is 13.1. The van der Waals surface area contributed by atoms with Crippen LogP contribution in [0.1, 0.15) is 0 Å². The summed E-state index contributed by atoms with van der Waals surface area (Å²) in [6.45, 7) is 3.87. The molecule has 0 atom stereocenters. The van der Waals surface area contributed by atoms with E-state index in [1.54, 1.807) is 6.08 Å². The third kappa shape index (κ3) is 1.62. The van der Waals surface area contributed by atoms with Gasteiger partial charge in [-0.1, -0.05) is 6.08 Å². The standard InChI is InChI=1S/C7H8N2O2S/c1-2-3-9-6(11)4-5(10)8-7(9)12/h2,4,11H,1,3H2,(H,8,10,12). The van der Waals surface area contributed by atoms with Crippen molar-refractivity contribution in [3.05, 3.63) is 33.8 Å². The van der Waals surface area contributed by atoms with Crippen LogP contribution >= 0.6 is 12.2 Å². The minimum absolute atomic E-state index is 0.149. The van der Waals surface area contributed by atoms with Crippen LogP contribution in [0.2, 0.25) is 0 Å². The van der Waals surface area contributed by atoms with Crippen molar-refractivity contribution in [1.82, 2.24) is 9.55 Å². The van der Waals surface area contributed by atoms with Gasteiger partial charge < -0.3 is 5.11 Å². The monoisotopic (exact) mass is 184 g/mol. The Kier molecular flexibility index (Phi) is 2.44. The van der Waals surface area contributed by atoms with Crippen molar-refractivity contribution in [2.45, 2.75) is 6.54 Å². The lowest BCUT2D eigenvalue weighted by atomic mass is 10.5. The van der Waals surface area contributed by atoms with Gasteiger partial charge in [0.1, 0.15) is 0 Å². The van der Waals surface area contributed by atoms with Crippen LogP contribution in [0, 0.1) is 4.77 Å². The fourth-order valence-electron chi connectivity index (χ4n) is 0.814. The molecule has 4 nitrogen and oxygen atoms in total. The van der Waals surface area contributed by atoms with Gasteiger partial charge in [0, 0.05) is 6.54 Å². The number of aromatic hydroxyl groups is 1. The molecule has 0 saturated heterocycles. The molecule has 1 aromatic rings. The molecule has 0 amide bonds. The predicted molar refractivity (Wildman–Crippen MR) is 47.7 cm³/mol. The Morgan fingerprint density at radius 3 is 3.00 bits per heavy atom. The fraction of sp³-hybridized carbons (Fsp3) is 0.143. The SMILES string of the molecule is C=CCn1c(O)cc(=O)[nH]c1=S. The van der Waals surface area contributed by atoms with Gasteiger partial charge in [0.2, 0.25) is 0 Å². The molecular weight excluding hydrogens is 176 g/mol. The highest BCUT2D eigenvalue weighted by molar-refractivity contribution is 7.71. The number of hydrogen-bond acceptors (Lipinski definition) is 3. The van der Waals surface area contributed by atoms with Gasteiger partial charge in [-0.2, -0.15) is 0 Å². The number of H-pyrrole nitrogens is 1. The molecule has 0 aliphatic carbocycles. The van der Waals surface area contributed by atoms with Crippen LogP contribution in [0.25, 0.3) is 0 Å². The van der Waals surface area contributed by atoms with Crippen LogP contribution in [0.3, 0.4) is 0 Å². The maximum Gasteiger partial charge on any atom is 0.255 e. The molecule has 0 saturated carbocycles. The summed E-state index contributed by atoms with van der Waals surface area (Å²) in [6.07, 6.45) is 1.58. The van der Waals surface area contributed by atoms with Gasteiger partial charge in [0.15, 0.2) is 10.7 Å². The first-order chi connectivity index (χ1) is 5.65. The van der Waals surface area contributed by atoms with E-state index < -0.39 is 5.56 Å². The van der Waals surface area contributed by atoms with Gasteiger partial charge in [-0.3, -0.25) is 14.3 Å². The molecule has 2 N–H and O–H groups in total. The van der Waals surface area contributed by atoms with Crippen LogP contribution in [-0.2, 0) is 6.54 Å². The summed E-state index contributed by atoms with van der Waals surface area (Å²) in [6, 6.07) is 1.07. The first-order valence-electron chi connectivity index (χ1n) is 3.29. The van der Waals surface area contributed by atoms with Gasteiger partial charge in [-0.25, -0.2) is 0 Å². The summed E-state index contributed by atoms with van der Waals surface area (Å²) in [5, 5.41) is 9.23. The molecule has 5 heteroatoms. The largest absolute Gasteiger partial charge is 0.494 e. The van der Waals surface area contributed by atoms with Crippen molar-refractivity contribution in [3.8, 4) is 5.88 Å². The minimum atomic E-state index is -0.405. The van der Waals surface area contributed by atoms with E-state index in [9.17, 15) is 9.90 Å². The normalized spacial score (nSPS) is 9.67. The van der Waals surface area contributed by atoms with Gasteiger partial charge in [0.25, 0.3) is 5.56 Å². The lowest BCUT2D eigenvalue weighted by molar-refractivity contribution is 0.414. The summed E-state index contributed by atoms with van der Waals surface area (Å²) in [7, 11) is 0. The average Bonchev–Trinajstić information content (AvgIpc) is 1.96.